The molecule has 2 aromatic rings. The van der Waals surface area contributed by atoms with Crippen molar-refractivity contribution < 1.29 is 19.0 Å². The standard InChI is InChI=1S/C17H21NO5/c1-2-18(20)17-13(11-22-15-9-5-6-10-21-15)16(19)12-7-3-4-8-14(12)23-17/h3-4,7-8,15,18H,2,5-6,9-11H2,1H3. The van der Waals surface area contributed by atoms with Crippen LogP contribution in [0.3, 0.4) is 0 Å². The van der Waals surface area contributed by atoms with Crippen LogP contribution in [0.2, 0.25) is 0 Å². The van der Waals surface area contributed by atoms with Crippen LogP contribution >= 0.6 is 0 Å². The van der Waals surface area contributed by atoms with Crippen LogP contribution in [0, 0.1) is 5.21 Å². The number of rotatable bonds is 5. The monoisotopic (exact) mass is 319 g/mol. The lowest BCUT2D eigenvalue weighted by Gasteiger charge is -2.24. The zero-order chi connectivity index (χ0) is 16.2. The minimum atomic E-state index is -0.320. The van der Waals surface area contributed by atoms with Gasteiger partial charge in [-0.15, -0.1) is 0 Å². The topological polar surface area (TPSA) is 76.2 Å². The van der Waals surface area contributed by atoms with Gasteiger partial charge in [-0.1, -0.05) is 12.1 Å². The summed E-state index contributed by atoms with van der Waals surface area (Å²) in [6, 6.07) is 6.94. The van der Waals surface area contributed by atoms with Gasteiger partial charge in [-0.2, -0.15) is 0 Å². The lowest BCUT2D eigenvalue weighted by atomic mass is 10.1. The van der Waals surface area contributed by atoms with Crippen molar-refractivity contribution in [2.24, 2.45) is 0 Å². The Labute approximate surface area is 134 Å². The first-order valence-electron chi connectivity index (χ1n) is 8.02. The molecule has 1 saturated heterocycles. The summed E-state index contributed by atoms with van der Waals surface area (Å²) >= 11 is 0. The van der Waals surface area contributed by atoms with Gasteiger partial charge in [-0.05, 0) is 38.3 Å². The van der Waals surface area contributed by atoms with E-state index in [9.17, 15) is 10.0 Å². The average molecular weight is 319 g/mol. The number of nitrogens with one attached hydrogen (secondary N) is 1. The summed E-state index contributed by atoms with van der Waals surface area (Å²) in [7, 11) is 0. The van der Waals surface area contributed by atoms with Crippen molar-refractivity contribution >= 4 is 16.9 Å². The molecule has 1 aromatic heterocycles. The van der Waals surface area contributed by atoms with E-state index in [1.54, 1.807) is 31.2 Å². The molecule has 1 N–H and O–H groups in total. The molecule has 2 atom stereocenters. The number of hydrogen-bond donors (Lipinski definition) is 1. The van der Waals surface area contributed by atoms with Crippen LogP contribution in [0.25, 0.3) is 11.0 Å². The normalized spacial score (nSPS) is 19.8. The van der Waals surface area contributed by atoms with Gasteiger partial charge in [0.25, 0.3) is 0 Å². The van der Waals surface area contributed by atoms with Gasteiger partial charge in [0.2, 0.25) is 5.43 Å². The van der Waals surface area contributed by atoms with E-state index in [2.05, 4.69) is 0 Å². The molecule has 6 heteroatoms. The lowest BCUT2D eigenvalue weighted by Crippen LogP contribution is -3.02. The van der Waals surface area contributed by atoms with E-state index in [1.165, 1.54) is 0 Å². The maximum Gasteiger partial charge on any atom is 0.305 e. The Hall–Kier alpha value is -1.73. The van der Waals surface area contributed by atoms with Gasteiger partial charge in [0.15, 0.2) is 6.29 Å². The fraction of sp³-hybridized carbons (Fsp3) is 0.471. The van der Waals surface area contributed by atoms with Gasteiger partial charge >= 0.3 is 5.88 Å². The summed E-state index contributed by atoms with van der Waals surface area (Å²) in [5, 5.41) is 12.4. The van der Waals surface area contributed by atoms with E-state index in [0.717, 1.165) is 19.3 Å². The third kappa shape index (κ3) is 3.45. The highest BCUT2D eigenvalue weighted by atomic mass is 16.7. The highest BCUT2D eigenvalue weighted by molar-refractivity contribution is 5.77. The van der Waals surface area contributed by atoms with Crippen LogP contribution in [-0.4, -0.2) is 19.4 Å². The fourth-order valence-corrected chi connectivity index (χ4v) is 2.72. The Bertz CT molecular complexity index is 720. The average Bonchev–Trinajstić information content (AvgIpc) is 2.61. The number of para-hydroxylation sites is 1. The van der Waals surface area contributed by atoms with Crippen LogP contribution < -0.4 is 10.5 Å². The third-order valence-corrected chi connectivity index (χ3v) is 4.02. The van der Waals surface area contributed by atoms with Gasteiger partial charge in [-0.3, -0.25) is 4.79 Å². The predicted octanol–water partition coefficient (Wildman–Crippen LogP) is 1.87. The second kappa shape index (κ2) is 7.23. The van der Waals surface area contributed by atoms with Crippen molar-refractivity contribution in [1.82, 2.24) is 0 Å². The van der Waals surface area contributed by atoms with Gasteiger partial charge in [0.05, 0.1) is 18.5 Å². The maximum absolute atomic E-state index is 12.7. The molecule has 6 nitrogen and oxygen atoms in total. The number of fused-ring (bicyclic) bond motifs is 1. The zero-order valence-electron chi connectivity index (χ0n) is 13.2. The first-order valence-corrected chi connectivity index (χ1v) is 8.02. The molecule has 0 amide bonds. The van der Waals surface area contributed by atoms with Crippen molar-refractivity contribution in [3.8, 4) is 0 Å². The van der Waals surface area contributed by atoms with Crippen LogP contribution in [0.15, 0.2) is 33.5 Å². The summed E-state index contributed by atoms with van der Waals surface area (Å²) in [5.74, 6) is 0.104. The fourth-order valence-electron chi connectivity index (χ4n) is 2.72. The van der Waals surface area contributed by atoms with Gasteiger partial charge in [-0.25, -0.2) is 0 Å². The first-order chi connectivity index (χ1) is 11.2. The Balaban J connectivity index is 1.95. The SMILES string of the molecule is CC[NH+]([O-])c1oc2ccccc2c(=O)c1COC1CCCCO1. The minimum absolute atomic E-state index is 0.0267. The number of quaternary nitrogens is 1. The van der Waals surface area contributed by atoms with Crippen LogP contribution in [-0.2, 0) is 16.1 Å². The second-order valence-corrected chi connectivity index (χ2v) is 5.62. The first kappa shape index (κ1) is 16.1. The summed E-state index contributed by atoms with van der Waals surface area (Å²) < 4.78 is 16.9. The zero-order valence-corrected chi connectivity index (χ0v) is 13.2. The molecule has 23 heavy (non-hydrogen) atoms. The smallest absolute Gasteiger partial charge is 0.305 e. The van der Waals surface area contributed by atoms with E-state index in [0.29, 0.717) is 17.6 Å². The minimum Gasteiger partial charge on any atom is -0.627 e. The van der Waals surface area contributed by atoms with Gasteiger partial charge in [0.1, 0.15) is 11.1 Å². The summed E-state index contributed by atoms with van der Waals surface area (Å²) in [5.41, 5.74) is 0.496. The predicted molar refractivity (Wildman–Crippen MR) is 85.4 cm³/mol. The molecule has 1 aliphatic heterocycles. The molecule has 3 rings (SSSR count). The largest absolute Gasteiger partial charge is 0.627 e. The van der Waals surface area contributed by atoms with Crippen LogP contribution in [0.4, 0.5) is 5.88 Å². The number of hydrogen-bond acceptors (Lipinski definition) is 5. The Morgan fingerprint density at radius 1 is 1.35 bits per heavy atom. The molecule has 1 aromatic carbocycles. The maximum atomic E-state index is 12.7. The van der Waals surface area contributed by atoms with Crippen LogP contribution in [0.5, 0.6) is 0 Å². The highest BCUT2D eigenvalue weighted by Gasteiger charge is 2.22. The van der Waals surface area contributed by atoms with Gasteiger partial charge < -0.3 is 24.2 Å². The molecule has 1 fully saturated rings. The Morgan fingerprint density at radius 3 is 2.91 bits per heavy atom. The number of ether oxygens (including phenoxy) is 2. The number of benzene rings is 1. The lowest BCUT2D eigenvalue weighted by molar-refractivity contribution is -0.783. The summed E-state index contributed by atoms with van der Waals surface area (Å²) in [4.78, 5) is 12.7. The van der Waals surface area contributed by atoms with Crippen molar-refractivity contribution in [2.75, 3.05) is 13.2 Å². The molecule has 2 unspecified atom stereocenters. The highest BCUT2D eigenvalue weighted by Crippen LogP contribution is 2.20. The molecule has 124 valence electrons. The molecule has 1 aliphatic rings. The van der Waals surface area contributed by atoms with Crippen molar-refractivity contribution in [3.63, 3.8) is 0 Å². The van der Waals surface area contributed by atoms with Crippen molar-refractivity contribution in [1.29, 1.82) is 0 Å². The molecule has 0 aliphatic carbocycles. The van der Waals surface area contributed by atoms with E-state index in [4.69, 9.17) is 13.9 Å². The van der Waals surface area contributed by atoms with E-state index < -0.39 is 0 Å². The van der Waals surface area contributed by atoms with Crippen molar-refractivity contribution in [3.05, 3.63) is 45.3 Å². The number of hydroxylamine groups is 1. The molecule has 2 heterocycles. The molecule has 0 spiro atoms. The molecular formula is C17H21NO5. The van der Waals surface area contributed by atoms with Crippen LogP contribution in [0.1, 0.15) is 31.7 Å². The summed E-state index contributed by atoms with van der Waals surface area (Å²) in [6.45, 7) is 2.71. The molecular weight excluding hydrogens is 298 g/mol. The quantitative estimate of drug-likeness (QED) is 0.852. The van der Waals surface area contributed by atoms with E-state index in [-0.39, 0.29) is 41.4 Å². The Kier molecular flexibility index (Phi) is 5.07. The summed E-state index contributed by atoms with van der Waals surface area (Å²) in [6.07, 6.45) is 2.55. The van der Waals surface area contributed by atoms with Crippen molar-refractivity contribution in [2.45, 2.75) is 39.1 Å². The van der Waals surface area contributed by atoms with E-state index in [1.807, 2.05) is 0 Å². The molecule has 0 bridgehead atoms. The molecule has 0 radical (unpaired) electrons. The molecule has 0 saturated carbocycles. The third-order valence-electron chi connectivity index (χ3n) is 4.02. The Morgan fingerprint density at radius 2 is 2.17 bits per heavy atom. The van der Waals surface area contributed by atoms with E-state index >= 15 is 0 Å². The second-order valence-electron chi connectivity index (χ2n) is 5.62. The van der Waals surface area contributed by atoms with Gasteiger partial charge in [0, 0.05) is 6.61 Å².